The van der Waals surface area contributed by atoms with E-state index in [1.54, 1.807) is 40.7 Å². The number of sulfonamides is 2. The van der Waals surface area contributed by atoms with E-state index in [-0.39, 0.29) is 16.5 Å². The van der Waals surface area contributed by atoms with Gasteiger partial charge in [-0.1, -0.05) is 161 Å². The summed E-state index contributed by atoms with van der Waals surface area (Å²) in [6, 6.07) is 52.4. The third-order valence-electron chi connectivity index (χ3n) is 9.53. The van der Waals surface area contributed by atoms with Gasteiger partial charge >= 0.3 is 6.15 Å². The Morgan fingerprint density at radius 2 is 0.741 bits per heavy atom. The minimum Gasteiger partial charge on any atom is -0.399 e. The van der Waals surface area contributed by atoms with Gasteiger partial charge in [-0.15, -0.1) is 0 Å². The number of benzene rings is 6. The normalized spacial score (nSPS) is 11.5. The van der Waals surface area contributed by atoms with E-state index in [0.717, 1.165) is 35.1 Å². The fourth-order valence-corrected chi connectivity index (χ4v) is 8.83. The van der Waals surface area contributed by atoms with Crippen molar-refractivity contribution in [3.8, 4) is 0 Å². The van der Waals surface area contributed by atoms with E-state index in [1.807, 2.05) is 133 Å². The fraction of sp³-hybridized carbons (Fsp3) is 0.213. The number of rotatable bonds is 15. The molecule has 0 radical (unpaired) electrons. The van der Waals surface area contributed by atoms with Crippen LogP contribution in [-0.2, 0) is 62.2 Å². The average molecular weight is 818 g/mol. The largest absolute Gasteiger partial charge is 0.399 e. The monoisotopic (exact) mass is 817 g/mol. The molecule has 302 valence electrons. The summed E-state index contributed by atoms with van der Waals surface area (Å²) < 4.78 is 56.4. The highest BCUT2D eigenvalue weighted by molar-refractivity contribution is 7.89. The smallest absolute Gasteiger partial charge is 0.373 e. The van der Waals surface area contributed by atoms with Crippen LogP contribution in [0.5, 0.6) is 0 Å². The topological polar surface area (TPSA) is 135 Å². The van der Waals surface area contributed by atoms with E-state index in [0.29, 0.717) is 36.8 Å². The van der Waals surface area contributed by atoms with E-state index in [1.165, 1.54) is 9.87 Å². The van der Waals surface area contributed by atoms with Gasteiger partial charge in [0.05, 0.1) is 9.79 Å². The third-order valence-corrected chi connectivity index (χ3v) is 13.1. The van der Waals surface area contributed by atoms with Crippen LogP contribution in [0, 0.1) is 5.41 Å². The molecule has 0 atom stereocenters. The van der Waals surface area contributed by atoms with E-state index < -0.39 is 20.0 Å². The first-order valence-corrected chi connectivity index (χ1v) is 21.7. The second-order valence-corrected chi connectivity index (χ2v) is 18.4. The Kier molecular flexibility index (Phi) is 16.9. The van der Waals surface area contributed by atoms with Gasteiger partial charge in [0, 0.05) is 31.9 Å². The van der Waals surface area contributed by atoms with Crippen LogP contribution in [0.3, 0.4) is 0 Å². The minimum atomic E-state index is -3.64. The molecular weight excluding hydrogens is 767 g/mol. The van der Waals surface area contributed by atoms with Crippen LogP contribution in [0.2, 0.25) is 0 Å². The predicted octanol–water partition coefficient (Wildman–Crippen LogP) is 9.13. The Bertz CT molecular complexity index is 2290. The lowest BCUT2D eigenvalue weighted by molar-refractivity contribution is -0.191. The SMILES string of the molecule is CCC(C)(C)Cc1ccc(S(=O)(=O)N(Cc2ccccc2)Cc2ccccc2)cc1.Nc1ccc(S(=O)(=O)N(Cc2ccccc2)Cc2ccccc2)cc1.O=C=O. The zero-order valence-corrected chi connectivity index (χ0v) is 34.8. The molecule has 2 N–H and O–H groups in total. The summed E-state index contributed by atoms with van der Waals surface area (Å²) in [5.41, 5.74) is 11.4. The number of carbonyl (C=O) groups excluding carboxylic acids is 2. The van der Waals surface area contributed by atoms with Crippen LogP contribution in [0.1, 0.15) is 55.0 Å². The molecule has 6 aromatic rings. The Labute approximate surface area is 343 Å². The zero-order valence-electron chi connectivity index (χ0n) is 33.1. The first kappa shape index (κ1) is 45.0. The molecule has 58 heavy (non-hydrogen) atoms. The van der Waals surface area contributed by atoms with Crippen molar-refractivity contribution >= 4 is 31.9 Å². The van der Waals surface area contributed by atoms with Gasteiger partial charge < -0.3 is 5.73 Å². The zero-order chi connectivity index (χ0) is 42.0. The maximum Gasteiger partial charge on any atom is 0.373 e. The van der Waals surface area contributed by atoms with E-state index in [9.17, 15) is 16.8 Å². The Morgan fingerprint density at radius 3 is 1.02 bits per heavy atom. The Balaban J connectivity index is 0.000000244. The molecule has 0 aliphatic carbocycles. The summed E-state index contributed by atoms with van der Waals surface area (Å²) in [7, 11) is -7.27. The van der Waals surface area contributed by atoms with E-state index >= 15 is 0 Å². The lowest BCUT2D eigenvalue weighted by Gasteiger charge is -2.24. The molecular formula is C47H51N3O6S2. The van der Waals surface area contributed by atoms with Gasteiger partial charge in [-0.05, 0) is 76.1 Å². The molecule has 9 nitrogen and oxygen atoms in total. The highest BCUT2D eigenvalue weighted by atomic mass is 32.2. The number of nitrogens with two attached hydrogens (primary N) is 1. The summed E-state index contributed by atoms with van der Waals surface area (Å²) >= 11 is 0. The van der Waals surface area contributed by atoms with Crippen LogP contribution in [0.4, 0.5) is 5.69 Å². The number of nitrogen functional groups attached to an aromatic ring is 1. The summed E-state index contributed by atoms with van der Waals surface area (Å²) in [5.74, 6) is 0. The average Bonchev–Trinajstić information content (AvgIpc) is 3.23. The second-order valence-electron chi connectivity index (χ2n) is 14.5. The lowest BCUT2D eigenvalue weighted by atomic mass is 9.83. The highest BCUT2D eigenvalue weighted by Gasteiger charge is 2.26. The predicted molar refractivity (Wildman–Crippen MR) is 229 cm³/mol. The van der Waals surface area contributed by atoms with Crippen LogP contribution < -0.4 is 5.73 Å². The maximum atomic E-state index is 13.5. The number of hydrogen-bond acceptors (Lipinski definition) is 7. The minimum absolute atomic E-state index is 0.201. The quantitative estimate of drug-likeness (QED) is 0.102. The molecule has 6 aromatic carbocycles. The standard InChI is InChI=1S/C26H31NO2S.C20H20N2O2S.CO2/c1-4-26(2,3)19-22-15-17-25(18-16-22)30(28,29)27(20-23-11-7-5-8-12-23)21-24-13-9-6-10-14-24;21-19-11-13-20(14-12-19)25(23,24)22(15-17-7-3-1-4-8-17)16-18-9-5-2-6-10-18;2-1-3/h5-18H,4,19-21H2,1-3H3;1-14H,15-16,21H2;. The van der Waals surface area contributed by atoms with Gasteiger partial charge in [-0.25, -0.2) is 16.8 Å². The van der Waals surface area contributed by atoms with E-state index in [2.05, 4.69) is 20.8 Å². The van der Waals surface area contributed by atoms with Crippen molar-refractivity contribution < 1.29 is 26.4 Å². The third kappa shape index (κ3) is 13.8. The number of anilines is 1. The molecule has 0 fully saturated rings. The van der Waals surface area contributed by atoms with Crippen molar-refractivity contribution in [2.45, 2.75) is 69.6 Å². The molecule has 0 aromatic heterocycles. The molecule has 0 bridgehead atoms. The summed E-state index contributed by atoms with van der Waals surface area (Å²) in [6.07, 6.45) is 2.26. The Hall–Kier alpha value is -5.68. The van der Waals surface area contributed by atoms with Gasteiger partial charge in [0.1, 0.15) is 0 Å². The lowest BCUT2D eigenvalue weighted by Crippen LogP contribution is -2.30. The molecule has 0 unspecified atom stereocenters. The molecule has 11 heteroatoms. The van der Waals surface area contributed by atoms with Crippen molar-refractivity contribution in [3.63, 3.8) is 0 Å². The second kappa shape index (κ2) is 21.7. The molecule has 0 heterocycles. The van der Waals surface area contributed by atoms with Gasteiger partial charge in [0.25, 0.3) is 0 Å². The van der Waals surface area contributed by atoms with Crippen LogP contribution in [-0.4, -0.2) is 31.6 Å². The van der Waals surface area contributed by atoms with Crippen molar-refractivity contribution in [2.24, 2.45) is 5.41 Å². The number of hydrogen-bond donors (Lipinski definition) is 1. The molecule has 0 amide bonds. The van der Waals surface area contributed by atoms with Gasteiger partial charge in [0.15, 0.2) is 0 Å². The van der Waals surface area contributed by atoms with Crippen LogP contribution in [0.15, 0.2) is 180 Å². The molecule has 0 aliphatic rings. The summed E-state index contributed by atoms with van der Waals surface area (Å²) in [6.45, 7) is 7.94. The summed E-state index contributed by atoms with van der Waals surface area (Å²) in [4.78, 5) is 16.8. The molecule has 0 saturated heterocycles. The molecule has 0 aliphatic heterocycles. The van der Waals surface area contributed by atoms with E-state index in [4.69, 9.17) is 15.3 Å². The molecule has 0 spiro atoms. The highest BCUT2D eigenvalue weighted by Crippen LogP contribution is 2.28. The van der Waals surface area contributed by atoms with Gasteiger partial charge in [-0.2, -0.15) is 18.2 Å². The van der Waals surface area contributed by atoms with Crippen LogP contribution in [0.25, 0.3) is 0 Å². The van der Waals surface area contributed by atoms with Gasteiger partial charge in [-0.3, -0.25) is 0 Å². The number of nitrogens with zero attached hydrogens (tertiary/aromatic N) is 2. The molecule has 6 rings (SSSR count). The fourth-order valence-electron chi connectivity index (χ4n) is 5.99. The Morgan fingerprint density at radius 1 is 0.466 bits per heavy atom. The maximum absolute atomic E-state index is 13.5. The first-order chi connectivity index (χ1) is 27.8. The van der Waals surface area contributed by atoms with Crippen molar-refractivity contribution in [1.29, 1.82) is 0 Å². The first-order valence-electron chi connectivity index (χ1n) is 18.9. The van der Waals surface area contributed by atoms with Crippen molar-refractivity contribution in [3.05, 3.63) is 198 Å². The van der Waals surface area contributed by atoms with Crippen molar-refractivity contribution in [2.75, 3.05) is 5.73 Å². The van der Waals surface area contributed by atoms with Crippen molar-refractivity contribution in [1.82, 2.24) is 8.61 Å². The van der Waals surface area contributed by atoms with Crippen LogP contribution >= 0.6 is 0 Å². The summed E-state index contributed by atoms with van der Waals surface area (Å²) in [5, 5.41) is 0. The molecule has 0 saturated carbocycles. The van der Waals surface area contributed by atoms with Gasteiger partial charge in [0.2, 0.25) is 20.0 Å².